The van der Waals surface area contributed by atoms with Crippen molar-refractivity contribution in [2.45, 2.75) is 25.9 Å². The number of hydrogen-bond acceptors (Lipinski definition) is 1. The van der Waals surface area contributed by atoms with E-state index in [1.165, 1.54) is 6.07 Å². The minimum atomic E-state index is -0.534. The smallest absolute Gasteiger partial charge is 0.126 e. The van der Waals surface area contributed by atoms with Crippen molar-refractivity contribution in [3.05, 3.63) is 35.1 Å². The van der Waals surface area contributed by atoms with Crippen molar-refractivity contribution in [3.63, 3.8) is 0 Å². The minimum absolute atomic E-state index is 0.238. The van der Waals surface area contributed by atoms with Gasteiger partial charge in [0.1, 0.15) is 5.82 Å². The molecule has 0 saturated carbocycles. The summed E-state index contributed by atoms with van der Waals surface area (Å²) in [6.45, 7) is 1.69. The van der Waals surface area contributed by atoms with Gasteiger partial charge in [-0.1, -0.05) is 12.1 Å². The molecule has 3 heteroatoms. The summed E-state index contributed by atoms with van der Waals surface area (Å²) in [6, 6.07) is 4.67. The predicted octanol–water partition coefficient (Wildman–Crippen LogP) is 3.19. The Morgan fingerprint density at radius 1 is 1.50 bits per heavy atom. The van der Waals surface area contributed by atoms with Gasteiger partial charge in [-0.25, -0.2) is 4.39 Å². The Labute approximate surface area is 88.5 Å². The van der Waals surface area contributed by atoms with Crippen molar-refractivity contribution < 1.29 is 9.50 Å². The average molecular weight is 217 g/mol. The molecular formula is C11H14ClFO. The first kappa shape index (κ1) is 11.5. The van der Waals surface area contributed by atoms with Crippen LogP contribution in [0.25, 0.3) is 0 Å². The van der Waals surface area contributed by atoms with Gasteiger partial charge in [-0.2, -0.15) is 0 Å². The molecule has 1 N–H and O–H groups in total. The van der Waals surface area contributed by atoms with E-state index in [2.05, 4.69) is 0 Å². The Bertz CT molecular complexity index is 301. The standard InChI is InChI=1S/C11H14ClFO/c1-8-7-9(4-5-10(8)13)11(14)3-2-6-12/h4-5,7,11,14H,2-3,6H2,1H3. The molecule has 0 radical (unpaired) electrons. The maximum atomic E-state index is 12.9. The summed E-state index contributed by atoms with van der Waals surface area (Å²) in [6.07, 6.45) is 0.848. The molecule has 0 bridgehead atoms. The van der Waals surface area contributed by atoms with Gasteiger partial charge in [0.05, 0.1) is 6.10 Å². The van der Waals surface area contributed by atoms with Gasteiger partial charge in [0.25, 0.3) is 0 Å². The molecule has 14 heavy (non-hydrogen) atoms. The van der Waals surface area contributed by atoms with Crippen LogP contribution in [0.2, 0.25) is 0 Å². The summed E-state index contributed by atoms with van der Waals surface area (Å²) < 4.78 is 12.9. The molecule has 0 spiro atoms. The van der Waals surface area contributed by atoms with Gasteiger partial charge in [0.2, 0.25) is 0 Å². The molecule has 1 unspecified atom stereocenters. The number of rotatable bonds is 4. The van der Waals surface area contributed by atoms with Crippen molar-refractivity contribution >= 4 is 11.6 Å². The van der Waals surface area contributed by atoms with E-state index in [1.54, 1.807) is 19.1 Å². The van der Waals surface area contributed by atoms with Crippen LogP contribution in [0.4, 0.5) is 4.39 Å². The highest BCUT2D eigenvalue weighted by Crippen LogP contribution is 2.20. The SMILES string of the molecule is Cc1cc(C(O)CCCCl)ccc1F. The molecule has 0 aromatic heterocycles. The monoisotopic (exact) mass is 216 g/mol. The molecule has 1 rings (SSSR count). The molecule has 1 atom stereocenters. The van der Waals surface area contributed by atoms with Crippen LogP contribution in [-0.2, 0) is 0 Å². The van der Waals surface area contributed by atoms with E-state index in [-0.39, 0.29) is 5.82 Å². The van der Waals surface area contributed by atoms with Crippen LogP contribution in [0.15, 0.2) is 18.2 Å². The third-order valence-electron chi connectivity index (χ3n) is 2.18. The summed E-state index contributed by atoms with van der Waals surface area (Å²) in [7, 11) is 0. The van der Waals surface area contributed by atoms with E-state index in [0.717, 1.165) is 12.0 Å². The highest BCUT2D eigenvalue weighted by Gasteiger charge is 2.08. The first-order valence-corrected chi connectivity index (χ1v) is 5.18. The second-order valence-corrected chi connectivity index (χ2v) is 3.73. The van der Waals surface area contributed by atoms with Crippen LogP contribution in [0.1, 0.15) is 30.1 Å². The van der Waals surface area contributed by atoms with Gasteiger partial charge in [-0.05, 0) is 37.0 Å². The number of aliphatic hydroxyl groups is 1. The first-order chi connectivity index (χ1) is 6.65. The summed E-state index contributed by atoms with van der Waals surface area (Å²) in [5.41, 5.74) is 1.32. The fourth-order valence-electron chi connectivity index (χ4n) is 1.31. The summed E-state index contributed by atoms with van der Waals surface area (Å²) in [5, 5.41) is 9.69. The topological polar surface area (TPSA) is 20.2 Å². The van der Waals surface area contributed by atoms with Gasteiger partial charge < -0.3 is 5.11 Å². The lowest BCUT2D eigenvalue weighted by molar-refractivity contribution is 0.166. The largest absolute Gasteiger partial charge is 0.388 e. The van der Waals surface area contributed by atoms with Crippen molar-refractivity contribution in [3.8, 4) is 0 Å². The maximum absolute atomic E-state index is 12.9. The van der Waals surface area contributed by atoms with Crippen molar-refractivity contribution in [1.82, 2.24) is 0 Å². The van der Waals surface area contributed by atoms with Gasteiger partial charge >= 0.3 is 0 Å². The molecule has 0 aliphatic heterocycles. The molecule has 78 valence electrons. The summed E-state index contributed by atoms with van der Waals surface area (Å²) in [5.74, 6) is 0.301. The number of alkyl halides is 1. The average Bonchev–Trinajstić information content (AvgIpc) is 2.18. The van der Waals surface area contributed by atoms with Crippen LogP contribution >= 0.6 is 11.6 Å². The van der Waals surface area contributed by atoms with E-state index < -0.39 is 6.10 Å². The summed E-state index contributed by atoms with van der Waals surface area (Å²) >= 11 is 5.52. The van der Waals surface area contributed by atoms with E-state index in [0.29, 0.717) is 17.9 Å². The van der Waals surface area contributed by atoms with Crippen LogP contribution in [0.5, 0.6) is 0 Å². The molecule has 0 amide bonds. The quantitative estimate of drug-likeness (QED) is 0.767. The number of benzene rings is 1. The Hall–Kier alpha value is -0.600. The Balaban J connectivity index is 2.70. The third-order valence-corrected chi connectivity index (χ3v) is 2.45. The maximum Gasteiger partial charge on any atom is 0.126 e. The molecule has 1 aromatic rings. The highest BCUT2D eigenvalue weighted by atomic mass is 35.5. The van der Waals surface area contributed by atoms with Crippen LogP contribution in [-0.4, -0.2) is 11.0 Å². The van der Waals surface area contributed by atoms with Crippen LogP contribution in [0.3, 0.4) is 0 Å². The van der Waals surface area contributed by atoms with Gasteiger partial charge in [-0.15, -0.1) is 11.6 Å². The lowest BCUT2D eigenvalue weighted by Gasteiger charge is -2.10. The fourth-order valence-corrected chi connectivity index (χ4v) is 1.47. The Kier molecular flexibility index (Phi) is 4.36. The fraction of sp³-hybridized carbons (Fsp3) is 0.455. The van der Waals surface area contributed by atoms with Gasteiger partial charge in [0.15, 0.2) is 0 Å². The molecule has 0 aliphatic carbocycles. The zero-order valence-electron chi connectivity index (χ0n) is 8.13. The summed E-state index contributed by atoms with van der Waals surface area (Å²) in [4.78, 5) is 0. The van der Waals surface area contributed by atoms with Crippen LogP contribution < -0.4 is 0 Å². The molecule has 0 aliphatic rings. The second-order valence-electron chi connectivity index (χ2n) is 3.36. The molecule has 0 saturated heterocycles. The number of aryl methyl sites for hydroxylation is 1. The van der Waals surface area contributed by atoms with Gasteiger partial charge in [-0.3, -0.25) is 0 Å². The Morgan fingerprint density at radius 3 is 2.79 bits per heavy atom. The van der Waals surface area contributed by atoms with E-state index in [4.69, 9.17) is 11.6 Å². The normalized spacial score (nSPS) is 12.9. The molecular weight excluding hydrogens is 203 g/mol. The van der Waals surface area contributed by atoms with Gasteiger partial charge in [0, 0.05) is 5.88 Å². The molecule has 1 nitrogen and oxygen atoms in total. The van der Waals surface area contributed by atoms with Crippen LogP contribution in [0, 0.1) is 12.7 Å². The number of halogens is 2. The zero-order valence-corrected chi connectivity index (χ0v) is 8.89. The second kappa shape index (κ2) is 5.32. The van der Waals surface area contributed by atoms with E-state index >= 15 is 0 Å². The van der Waals surface area contributed by atoms with E-state index in [1.807, 2.05) is 0 Å². The number of hydrogen-bond donors (Lipinski definition) is 1. The van der Waals surface area contributed by atoms with Crippen molar-refractivity contribution in [2.24, 2.45) is 0 Å². The molecule has 1 aromatic carbocycles. The predicted molar refractivity (Wildman–Crippen MR) is 56.1 cm³/mol. The minimum Gasteiger partial charge on any atom is -0.388 e. The highest BCUT2D eigenvalue weighted by molar-refractivity contribution is 6.17. The Morgan fingerprint density at radius 2 is 2.21 bits per heavy atom. The lowest BCUT2D eigenvalue weighted by atomic mass is 10.0. The van der Waals surface area contributed by atoms with Crippen molar-refractivity contribution in [2.75, 3.05) is 5.88 Å². The number of aliphatic hydroxyl groups excluding tert-OH is 1. The third kappa shape index (κ3) is 2.96. The molecule has 0 fully saturated rings. The van der Waals surface area contributed by atoms with Crippen molar-refractivity contribution in [1.29, 1.82) is 0 Å². The molecule has 0 heterocycles. The van der Waals surface area contributed by atoms with E-state index in [9.17, 15) is 9.50 Å². The lowest BCUT2D eigenvalue weighted by Crippen LogP contribution is -1.99. The zero-order chi connectivity index (χ0) is 10.6. The first-order valence-electron chi connectivity index (χ1n) is 4.65.